The van der Waals surface area contributed by atoms with Crippen molar-refractivity contribution in [3.63, 3.8) is 0 Å². The molecule has 1 aliphatic heterocycles. The number of nitrogens with one attached hydrogen (secondary N) is 2. The third kappa shape index (κ3) is 3.41. The summed E-state index contributed by atoms with van der Waals surface area (Å²) in [7, 11) is -0.148. The molecule has 0 aromatic rings. The van der Waals surface area contributed by atoms with Gasteiger partial charge in [-0.2, -0.15) is 0 Å². The van der Waals surface area contributed by atoms with E-state index in [9.17, 15) is 9.59 Å². The van der Waals surface area contributed by atoms with Gasteiger partial charge in [-0.1, -0.05) is 33.4 Å². The summed E-state index contributed by atoms with van der Waals surface area (Å²) in [5.74, 6) is -0.329. The van der Waals surface area contributed by atoms with Crippen LogP contribution in [-0.4, -0.2) is 29.9 Å². The third-order valence-corrected chi connectivity index (χ3v) is 3.26. The first-order chi connectivity index (χ1) is 8.00. The van der Waals surface area contributed by atoms with Crippen LogP contribution in [0.15, 0.2) is 0 Å². The van der Waals surface area contributed by atoms with Crippen LogP contribution in [0.3, 0.4) is 0 Å². The summed E-state index contributed by atoms with van der Waals surface area (Å²) in [6, 6.07) is 0. The van der Waals surface area contributed by atoms with Crippen LogP contribution in [0.4, 0.5) is 4.79 Å². The molecule has 1 heterocycles. The first kappa shape index (κ1) is 15.4. The summed E-state index contributed by atoms with van der Waals surface area (Å²) >= 11 is 3.53. The molecule has 0 aromatic carbocycles. The van der Waals surface area contributed by atoms with Gasteiger partial charge in [0.2, 0.25) is 0 Å². The summed E-state index contributed by atoms with van der Waals surface area (Å²) in [5, 5.41) is 5.01. The quantitative estimate of drug-likeness (QED) is 0.405. The lowest BCUT2D eigenvalue weighted by Gasteiger charge is -2.25. The number of carbonyl (C=O) groups excluding carboxylic acids is 2. The first-order valence-electron chi connectivity index (χ1n) is 5.94. The molecule has 0 bridgehead atoms. The van der Waals surface area contributed by atoms with E-state index in [2.05, 4.69) is 43.9 Å². The van der Waals surface area contributed by atoms with Crippen LogP contribution in [-0.2, 0) is 9.45 Å². The molecule has 5 nitrogen and oxygen atoms in total. The van der Waals surface area contributed by atoms with Gasteiger partial charge in [0.25, 0.3) is 5.24 Å². The lowest BCUT2D eigenvalue weighted by molar-refractivity contribution is -0.138. The standard InChI is InChI=1S/C11H21BN2O3S/c1-9(2,3)6-11(10(4,5)14-11)7(15)17-12-13-8(16)18/h12,14H,6H2,1-5H3,(H2,13,16,18). The van der Waals surface area contributed by atoms with Gasteiger partial charge in [-0.25, -0.2) is 0 Å². The molecule has 102 valence electrons. The minimum Gasteiger partial charge on any atom is -0.516 e. The highest BCUT2D eigenvalue weighted by atomic mass is 32.1. The molecule has 1 atom stereocenters. The highest BCUT2D eigenvalue weighted by molar-refractivity contribution is 7.96. The summed E-state index contributed by atoms with van der Waals surface area (Å²) < 4.78 is 5.08. The molecule has 2 N–H and O–H groups in total. The minimum absolute atomic E-state index is 0.00653. The van der Waals surface area contributed by atoms with Crippen molar-refractivity contribution in [2.75, 3.05) is 0 Å². The van der Waals surface area contributed by atoms with Crippen LogP contribution in [0.25, 0.3) is 0 Å². The van der Waals surface area contributed by atoms with Crippen molar-refractivity contribution >= 4 is 31.5 Å². The average molecular weight is 272 g/mol. The van der Waals surface area contributed by atoms with E-state index in [1.165, 1.54) is 0 Å². The molecule has 0 aliphatic carbocycles. The number of amides is 1. The number of carbonyl (C=O) groups is 2. The summed E-state index contributed by atoms with van der Waals surface area (Å²) in [4.78, 5) is 22.7. The Morgan fingerprint density at radius 2 is 1.89 bits per heavy atom. The maximum atomic E-state index is 12.1. The van der Waals surface area contributed by atoms with Crippen molar-refractivity contribution in [1.82, 2.24) is 10.5 Å². The molecule has 1 rings (SSSR count). The Morgan fingerprint density at radius 1 is 1.39 bits per heavy atom. The van der Waals surface area contributed by atoms with Gasteiger partial charge in [-0.3, -0.25) is 14.9 Å². The molecule has 0 saturated carbocycles. The third-order valence-electron chi connectivity index (χ3n) is 3.10. The second kappa shape index (κ2) is 4.77. The Kier molecular flexibility index (Phi) is 4.08. The second-order valence-corrected chi connectivity index (χ2v) is 6.86. The van der Waals surface area contributed by atoms with Crippen LogP contribution in [0.5, 0.6) is 0 Å². The lowest BCUT2D eigenvalue weighted by atomic mass is 9.79. The van der Waals surface area contributed by atoms with Gasteiger partial charge < -0.3 is 9.88 Å². The monoisotopic (exact) mass is 272 g/mol. The van der Waals surface area contributed by atoms with E-state index < -0.39 is 10.8 Å². The Labute approximate surface area is 114 Å². The SMILES string of the molecule is CC(C)(C)CC1(C(=O)OBNC(=O)S)NC1(C)C. The molecule has 1 fully saturated rings. The van der Waals surface area contributed by atoms with Gasteiger partial charge in [0.1, 0.15) is 5.54 Å². The van der Waals surface area contributed by atoms with Gasteiger partial charge >= 0.3 is 13.6 Å². The largest absolute Gasteiger partial charge is 0.516 e. The van der Waals surface area contributed by atoms with E-state index >= 15 is 0 Å². The summed E-state index contributed by atoms with van der Waals surface area (Å²) in [5.41, 5.74) is -0.929. The molecule has 18 heavy (non-hydrogen) atoms. The maximum absolute atomic E-state index is 12.1. The summed E-state index contributed by atoms with van der Waals surface area (Å²) in [6.45, 7) is 10.2. The fraction of sp³-hybridized carbons (Fsp3) is 0.818. The van der Waals surface area contributed by atoms with Crippen LogP contribution in [0.1, 0.15) is 41.0 Å². The number of thiol groups is 1. The Bertz CT molecular complexity index is 368. The topological polar surface area (TPSA) is 77.3 Å². The minimum atomic E-state index is -0.660. The predicted octanol–water partition coefficient (Wildman–Crippen LogP) is 0.992. The Hall–Kier alpha value is -0.685. The normalized spacial score (nSPS) is 25.2. The smallest absolute Gasteiger partial charge is 0.466 e. The van der Waals surface area contributed by atoms with E-state index in [4.69, 9.17) is 4.65 Å². The Morgan fingerprint density at radius 3 is 2.22 bits per heavy atom. The van der Waals surface area contributed by atoms with Crippen LogP contribution in [0, 0.1) is 5.41 Å². The fourth-order valence-corrected chi connectivity index (χ4v) is 2.29. The zero-order valence-electron chi connectivity index (χ0n) is 11.6. The van der Waals surface area contributed by atoms with E-state index in [1.54, 1.807) is 0 Å². The van der Waals surface area contributed by atoms with E-state index in [0.717, 1.165) is 0 Å². The van der Waals surface area contributed by atoms with Crippen molar-refractivity contribution in [3.8, 4) is 0 Å². The van der Waals surface area contributed by atoms with E-state index in [1.807, 2.05) is 13.8 Å². The number of hydrogen-bond acceptors (Lipinski definition) is 4. The molecule has 1 saturated heterocycles. The highest BCUT2D eigenvalue weighted by Crippen LogP contribution is 2.46. The maximum Gasteiger partial charge on any atom is 0.466 e. The highest BCUT2D eigenvalue weighted by Gasteiger charge is 2.67. The van der Waals surface area contributed by atoms with Crippen molar-refractivity contribution in [2.45, 2.75) is 52.1 Å². The van der Waals surface area contributed by atoms with E-state index in [0.29, 0.717) is 6.42 Å². The van der Waals surface area contributed by atoms with Gasteiger partial charge in [-0.15, -0.1) is 0 Å². The molecule has 1 unspecified atom stereocenters. The van der Waals surface area contributed by atoms with Gasteiger partial charge in [0.15, 0.2) is 0 Å². The molecule has 7 heteroatoms. The van der Waals surface area contributed by atoms with Crippen LogP contribution >= 0.6 is 12.6 Å². The molecular weight excluding hydrogens is 251 g/mol. The number of rotatable bonds is 4. The molecule has 1 amide bonds. The zero-order chi connectivity index (χ0) is 14.2. The van der Waals surface area contributed by atoms with Crippen molar-refractivity contribution < 1.29 is 14.2 Å². The molecule has 1 aliphatic rings. The van der Waals surface area contributed by atoms with Gasteiger partial charge in [0.05, 0.1) is 0 Å². The molecular formula is C11H21BN2O3S. The second-order valence-electron chi connectivity index (χ2n) is 6.45. The predicted molar refractivity (Wildman–Crippen MR) is 74.8 cm³/mol. The van der Waals surface area contributed by atoms with Crippen molar-refractivity contribution in [3.05, 3.63) is 0 Å². The average Bonchev–Trinajstić information content (AvgIpc) is 2.65. The van der Waals surface area contributed by atoms with Gasteiger partial charge in [0, 0.05) is 5.54 Å². The Balaban J connectivity index is 2.64. The van der Waals surface area contributed by atoms with Crippen LogP contribution < -0.4 is 10.5 Å². The van der Waals surface area contributed by atoms with E-state index in [-0.39, 0.29) is 24.5 Å². The fourth-order valence-electron chi connectivity index (χ4n) is 2.23. The first-order valence-corrected chi connectivity index (χ1v) is 6.38. The zero-order valence-corrected chi connectivity index (χ0v) is 12.5. The lowest BCUT2D eigenvalue weighted by Crippen LogP contribution is -2.40. The van der Waals surface area contributed by atoms with Crippen molar-refractivity contribution in [1.29, 1.82) is 0 Å². The molecule has 0 aromatic heterocycles. The number of hydrogen-bond donors (Lipinski definition) is 3. The molecule has 0 spiro atoms. The molecule has 0 radical (unpaired) electrons. The van der Waals surface area contributed by atoms with Crippen molar-refractivity contribution in [2.24, 2.45) is 5.41 Å². The van der Waals surface area contributed by atoms with Gasteiger partial charge in [-0.05, 0) is 25.7 Å². The van der Waals surface area contributed by atoms with Crippen LogP contribution in [0.2, 0.25) is 0 Å². The summed E-state index contributed by atoms with van der Waals surface area (Å²) in [6.07, 6.45) is 0.681.